The van der Waals surface area contributed by atoms with Gasteiger partial charge in [0.1, 0.15) is 0 Å². The Kier molecular flexibility index (Phi) is 23.7. The lowest BCUT2D eigenvalue weighted by atomic mass is 10.0. The molecule has 0 rings (SSSR count). The van der Waals surface area contributed by atoms with E-state index in [4.69, 9.17) is 0 Å². The van der Waals surface area contributed by atoms with Crippen LogP contribution in [0.4, 0.5) is 0 Å². The first-order valence-corrected chi connectivity index (χ1v) is 13.8. The van der Waals surface area contributed by atoms with Gasteiger partial charge < -0.3 is 15.5 Å². The van der Waals surface area contributed by atoms with Crippen molar-refractivity contribution in [2.45, 2.75) is 129 Å². The van der Waals surface area contributed by atoms with Gasteiger partial charge in [-0.25, -0.2) is 0 Å². The number of carbonyl (C=O) groups excluding carboxylic acids is 2. The van der Waals surface area contributed by atoms with Crippen LogP contribution < -0.4 is 10.6 Å². The zero-order chi connectivity index (χ0) is 23.7. The average Bonchev–Trinajstić information content (AvgIpc) is 2.77. The molecule has 0 aromatic carbocycles. The molecule has 0 heterocycles. The van der Waals surface area contributed by atoms with Crippen LogP contribution in [0.1, 0.15) is 129 Å². The van der Waals surface area contributed by atoms with E-state index < -0.39 is 0 Å². The van der Waals surface area contributed by atoms with Gasteiger partial charge in [-0.15, -0.1) is 0 Å². The Bertz CT molecular complexity index is 429. The van der Waals surface area contributed by atoms with Gasteiger partial charge in [-0.1, -0.05) is 96.8 Å². The first-order chi connectivity index (χ1) is 15.6. The number of carbonyl (C=O) groups is 2. The second-order valence-corrected chi connectivity index (χ2v) is 9.54. The summed E-state index contributed by atoms with van der Waals surface area (Å²) in [5.74, 6) is 0.234. The van der Waals surface area contributed by atoms with Gasteiger partial charge in [-0.2, -0.15) is 0 Å². The van der Waals surface area contributed by atoms with Crippen molar-refractivity contribution in [3.8, 4) is 0 Å². The second kappa shape index (κ2) is 24.5. The molecule has 0 aliphatic rings. The first kappa shape index (κ1) is 30.9. The summed E-state index contributed by atoms with van der Waals surface area (Å²) in [5, 5.41) is 5.86. The van der Waals surface area contributed by atoms with Crippen LogP contribution in [-0.2, 0) is 9.59 Å². The summed E-state index contributed by atoms with van der Waals surface area (Å²) in [6.45, 7) is 7.25. The molecular weight excluding hydrogens is 398 g/mol. The zero-order valence-corrected chi connectivity index (χ0v) is 21.8. The molecule has 0 saturated heterocycles. The monoisotopic (exact) mass is 453 g/mol. The molecule has 0 aliphatic heterocycles. The van der Waals surface area contributed by atoms with Crippen molar-refractivity contribution in [1.29, 1.82) is 0 Å². The molecule has 0 aromatic rings. The Morgan fingerprint density at radius 2 is 1.00 bits per heavy atom. The molecule has 0 saturated carbocycles. The van der Waals surface area contributed by atoms with Crippen molar-refractivity contribution >= 4 is 11.8 Å². The fraction of sp³-hybridized carbons (Fsp3) is 0.926. The van der Waals surface area contributed by atoms with Gasteiger partial charge in [0.05, 0.1) is 0 Å². The Hall–Kier alpha value is -1.10. The van der Waals surface area contributed by atoms with Crippen LogP contribution in [0.25, 0.3) is 0 Å². The van der Waals surface area contributed by atoms with Crippen LogP contribution in [0.5, 0.6) is 0 Å². The lowest BCUT2D eigenvalue weighted by Crippen LogP contribution is -2.30. The average molecular weight is 454 g/mol. The molecule has 0 aliphatic carbocycles. The lowest BCUT2D eigenvalue weighted by Gasteiger charge is -2.16. The Morgan fingerprint density at radius 3 is 1.44 bits per heavy atom. The van der Waals surface area contributed by atoms with Crippen LogP contribution in [0.15, 0.2) is 0 Å². The predicted molar refractivity (Wildman–Crippen MR) is 138 cm³/mol. The number of unbranched alkanes of at least 4 members (excludes halogenated alkanes) is 14. The molecule has 0 aromatic heterocycles. The summed E-state index contributed by atoms with van der Waals surface area (Å²) in [6.07, 6.45) is 22.9. The highest BCUT2D eigenvalue weighted by Crippen LogP contribution is 2.13. The van der Waals surface area contributed by atoms with E-state index in [0.717, 1.165) is 45.4 Å². The predicted octanol–water partition coefficient (Wildman–Crippen LogP) is 6.21. The Morgan fingerprint density at radius 1 is 0.594 bits per heavy atom. The van der Waals surface area contributed by atoms with Gasteiger partial charge in [0, 0.05) is 26.4 Å². The standard InChI is InChI=1S/C27H55N3O2/c1-4-5-6-7-8-9-10-11-12-13-14-15-16-17-18-21-27(32)29-23-20-25-30(3)24-19-22-28-26(2)31/h4-25H2,1-3H3,(H,28,31)(H,29,32). The topological polar surface area (TPSA) is 61.4 Å². The van der Waals surface area contributed by atoms with Crippen molar-refractivity contribution in [1.82, 2.24) is 15.5 Å². The number of hydrogen-bond donors (Lipinski definition) is 2. The molecule has 5 nitrogen and oxygen atoms in total. The van der Waals surface area contributed by atoms with Gasteiger partial charge >= 0.3 is 0 Å². The molecule has 2 N–H and O–H groups in total. The van der Waals surface area contributed by atoms with Crippen molar-refractivity contribution in [2.75, 3.05) is 33.2 Å². The second-order valence-electron chi connectivity index (χ2n) is 9.54. The SMILES string of the molecule is CCCCCCCCCCCCCCCCCC(=O)NCCCN(C)CCCNC(C)=O. The maximum absolute atomic E-state index is 11.9. The smallest absolute Gasteiger partial charge is 0.219 e. The highest BCUT2D eigenvalue weighted by atomic mass is 16.2. The highest BCUT2D eigenvalue weighted by molar-refractivity contribution is 5.75. The van der Waals surface area contributed by atoms with E-state index in [1.165, 1.54) is 89.9 Å². The molecule has 0 atom stereocenters. The molecule has 0 spiro atoms. The van der Waals surface area contributed by atoms with Gasteiger partial charge in [0.25, 0.3) is 0 Å². The summed E-state index contributed by atoms with van der Waals surface area (Å²) in [6, 6.07) is 0. The molecule has 190 valence electrons. The van der Waals surface area contributed by atoms with Gasteiger partial charge in [-0.3, -0.25) is 9.59 Å². The summed E-state index contributed by atoms with van der Waals surface area (Å²) >= 11 is 0. The summed E-state index contributed by atoms with van der Waals surface area (Å²) in [5.41, 5.74) is 0. The summed E-state index contributed by atoms with van der Waals surface area (Å²) < 4.78 is 0. The number of hydrogen-bond acceptors (Lipinski definition) is 3. The minimum atomic E-state index is 0.0319. The van der Waals surface area contributed by atoms with Crippen LogP contribution >= 0.6 is 0 Å². The maximum Gasteiger partial charge on any atom is 0.219 e. The maximum atomic E-state index is 11.9. The van der Waals surface area contributed by atoms with E-state index in [1.807, 2.05) is 0 Å². The largest absolute Gasteiger partial charge is 0.356 e. The molecule has 2 amide bonds. The normalized spacial score (nSPS) is 11.1. The zero-order valence-electron chi connectivity index (χ0n) is 21.8. The molecule has 0 fully saturated rings. The number of rotatable bonds is 24. The number of nitrogens with one attached hydrogen (secondary N) is 2. The first-order valence-electron chi connectivity index (χ1n) is 13.8. The third-order valence-electron chi connectivity index (χ3n) is 6.14. The van der Waals surface area contributed by atoms with Gasteiger partial charge in [0.15, 0.2) is 0 Å². The Labute approximate surface area is 199 Å². The van der Waals surface area contributed by atoms with Crippen LogP contribution in [0.3, 0.4) is 0 Å². The van der Waals surface area contributed by atoms with Crippen molar-refractivity contribution in [2.24, 2.45) is 0 Å². The van der Waals surface area contributed by atoms with E-state index in [-0.39, 0.29) is 11.8 Å². The van der Waals surface area contributed by atoms with E-state index in [2.05, 4.69) is 29.5 Å². The van der Waals surface area contributed by atoms with E-state index in [1.54, 1.807) is 6.92 Å². The molecule has 5 heteroatoms. The lowest BCUT2D eigenvalue weighted by molar-refractivity contribution is -0.121. The van der Waals surface area contributed by atoms with E-state index in [9.17, 15) is 9.59 Å². The van der Waals surface area contributed by atoms with Crippen molar-refractivity contribution in [3.05, 3.63) is 0 Å². The number of nitrogens with zero attached hydrogens (tertiary/aromatic N) is 1. The van der Waals surface area contributed by atoms with Crippen molar-refractivity contribution in [3.63, 3.8) is 0 Å². The fourth-order valence-corrected chi connectivity index (χ4v) is 4.05. The van der Waals surface area contributed by atoms with Crippen LogP contribution in [0.2, 0.25) is 0 Å². The minimum Gasteiger partial charge on any atom is -0.356 e. The van der Waals surface area contributed by atoms with E-state index >= 15 is 0 Å². The third-order valence-corrected chi connectivity index (χ3v) is 6.14. The molecule has 0 radical (unpaired) electrons. The molecule has 0 bridgehead atoms. The molecule has 32 heavy (non-hydrogen) atoms. The van der Waals surface area contributed by atoms with Crippen LogP contribution in [0, 0.1) is 0 Å². The Balaban J connectivity index is 3.26. The highest BCUT2D eigenvalue weighted by Gasteiger charge is 2.02. The molecular formula is C27H55N3O2. The third kappa shape index (κ3) is 25.2. The fourth-order valence-electron chi connectivity index (χ4n) is 4.05. The quantitative estimate of drug-likeness (QED) is 0.171. The minimum absolute atomic E-state index is 0.0319. The summed E-state index contributed by atoms with van der Waals surface area (Å²) in [4.78, 5) is 25.0. The van der Waals surface area contributed by atoms with Gasteiger partial charge in [-0.05, 0) is 39.4 Å². The van der Waals surface area contributed by atoms with E-state index in [0.29, 0.717) is 6.42 Å². The van der Waals surface area contributed by atoms with Gasteiger partial charge in [0.2, 0.25) is 11.8 Å². The van der Waals surface area contributed by atoms with Crippen LogP contribution in [-0.4, -0.2) is 49.9 Å². The summed E-state index contributed by atoms with van der Waals surface area (Å²) in [7, 11) is 2.09. The van der Waals surface area contributed by atoms with Crippen molar-refractivity contribution < 1.29 is 9.59 Å². The molecule has 0 unspecified atom stereocenters. The number of amides is 2.